The molecule has 2 heterocycles. The largest absolute Gasteiger partial charge is 0.481 e. The highest BCUT2D eigenvalue weighted by Crippen LogP contribution is 2.32. The van der Waals surface area contributed by atoms with Crippen LogP contribution in [0.25, 0.3) is 0 Å². The van der Waals surface area contributed by atoms with Gasteiger partial charge < -0.3 is 24.4 Å². The molecule has 2 aliphatic heterocycles. The molecule has 0 aliphatic carbocycles. The Morgan fingerprint density at radius 1 is 0.545 bits per heavy atom. The molecule has 6 unspecified atom stereocenters. The quantitative estimate of drug-likeness (QED) is 0.0276. The van der Waals surface area contributed by atoms with E-state index in [-0.39, 0.29) is 49.7 Å². The molecule has 0 saturated carbocycles. The van der Waals surface area contributed by atoms with Crippen molar-refractivity contribution in [2.45, 2.75) is 193 Å². The zero-order chi connectivity index (χ0) is 40.3. The van der Waals surface area contributed by atoms with Gasteiger partial charge in [0, 0.05) is 12.8 Å². The third-order valence-electron chi connectivity index (χ3n) is 10.9. The number of carboxylic acids is 2. The minimum absolute atomic E-state index is 0.0839. The Hall–Kier alpha value is -3.34. The van der Waals surface area contributed by atoms with Crippen LogP contribution in [0.15, 0.2) is 24.3 Å². The molecule has 6 atom stereocenters. The van der Waals surface area contributed by atoms with Gasteiger partial charge >= 0.3 is 35.8 Å². The minimum atomic E-state index is -0.765. The summed E-state index contributed by atoms with van der Waals surface area (Å²) < 4.78 is 16.8. The van der Waals surface area contributed by atoms with Crippen molar-refractivity contribution >= 4 is 35.8 Å². The number of allylic oxidation sites excluding steroid dienone is 2. The maximum Gasteiger partial charge on any atom is 0.317 e. The third-order valence-corrected chi connectivity index (χ3v) is 10.9. The molecule has 0 bridgehead atoms. The molecule has 0 radical (unpaired) electrons. The molecule has 55 heavy (non-hydrogen) atoms. The van der Waals surface area contributed by atoms with Crippen LogP contribution in [0.2, 0.25) is 0 Å². The molecule has 0 aromatic heterocycles. The fourth-order valence-electron chi connectivity index (χ4n) is 7.60. The van der Waals surface area contributed by atoms with Crippen molar-refractivity contribution in [3.63, 3.8) is 0 Å². The SMILES string of the molecule is CCCCCC(/C=C/C(CCCCCCCCC(=O)O)OC(/C=C/C(CCCCC)C1CC(=O)OC1=O)CCCCCCCCC(=O)O)C1CC(=O)OC1=O. The topological polar surface area (TPSA) is 171 Å². The average Bonchev–Trinajstić information content (AvgIpc) is 3.66. The highest BCUT2D eigenvalue weighted by molar-refractivity contribution is 5.95. The van der Waals surface area contributed by atoms with Gasteiger partial charge in [0.05, 0.1) is 36.9 Å². The van der Waals surface area contributed by atoms with Crippen LogP contribution in [0.3, 0.4) is 0 Å². The number of carbonyl (C=O) groups excluding carboxylic acids is 4. The molecular weight excluding hydrogens is 704 g/mol. The highest BCUT2D eigenvalue weighted by atomic mass is 16.6. The van der Waals surface area contributed by atoms with Gasteiger partial charge in [-0.3, -0.25) is 28.8 Å². The van der Waals surface area contributed by atoms with Gasteiger partial charge in [-0.25, -0.2) is 0 Å². The van der Waals surface area contributed by atoms with Crippen molar-refractivity contribution < 1.29 is 53.2 Å². The van der Waals surface area contributed by atoms with E-state index in [1.54, 1.807) is 0 Å². The van der Waals surface area contributed by atoms with E-state index in [2.05, 4.69) is 38.2 Å². The molecule has 2 rings (SSSR count). The monoisotopic (exact) mass is 774 g/mol. The second-order valence-corrected chi connectivity index (χ2v) is 15.6. The summed E-state index contributed by atoms with van der Waals surface area (Å²) in [7, 11) is 0. The number of carboxylic acid groups (broad SMARTS) is 2. The van der Waals surface area contributed by atoms with Crippen molar-refractivity contribution in [1.29, 1.82) is 0 Å². The van der Waals surface area contributed by atoms with E-state index < -0.39 is 47.7 Å². The van der Waals surface area contributed by atoms with Gasteiger partial charge in [0.25, 0.3) is 0 Å². The van der Waals surface area contributed by atoms with Gasteiger partial charge in [0.15, 0.2) is 0 Å². The smallest absolute Gasteiger partial charge is 0.317 e. The number of rotatable bonds is 34. The molecule has 0 amide bonds. The van der Waals surface area contributed by atoms with Crippen LogP contribution in [0.1, 0.15) is 181 Å². The maximum atomic E-state index is 12.7. The molecule has 0 aromatic carbocycles. The van der Waals surface area contributed by atoms with Crippen molar-refractivity contribution in [2.75, 3.05) is 0 Å². The third kappa shape index (κ3) is 21.5. The van der Waals surface area contributed by atoms with E-state index in [0.29, 0.717) is 12.8 Å². The fraction of sp³-hybridized carbons (Fsp3) is 0.773. The minimum Gasteiger partial charge on any atom is -0.481 e. The lowest BCUT2D eigenvalue weighted by Gasteiger charge is -2.24. The first kappa shape index (κ1) is 47.8. The standard InChI is InChI=1S/C44H70O11/c1-3-5-15-21-33(37-31-41(49)54-43(37)51)27-29-35(23-17-11-7-9-13-19-25-39(45)46)53-36(24-18-12-8-10-14-20-26-40(47)48)30-28-34(22-16-6-4-2)38-32-42(50)55-44(38)52/h27-30,33-38H,3-26,31-32H2,1-2H3,(H,45,46)(H,47,48)/b29-27+,30-28+. The van der Waals surface area contributed by atoms with Crippen LogP contribution in [-0.4, -0.2) is 58.2 Å². The number of esters is 4. The summed E-state index contributed by atoms with van der Waals surface area (Å²) in [4.78, 5) is 71.2. The Balaban J connectivity index is 2.27. The number of hydrogen-bond acceptors (Lipinski definition) is 9. The van der Waals surface area contributed by atoms with E-state index in [1.165, 1.54) is 0 Å². The van der Waals surface area contributed by atoms with E-state index in [0.717, 1.165) is 128 Å². The number of hydrogen-bond donors (Lipinski definition) is 2. The Labute approximate surface area is 329 Å². The molecule has 2 aliphatic rings. The van der Waals surface area contributed by atoms with Crippen LogP contribution in [0.4, 0.5) is 0 Å². The Morgan fingerprint density at radius 2 is 0.891 bits per heavy atom. The summed E-state index contributed by atoms with van der Waals surface area (Å²) in [5.41, 5.74) is 0. The summed E-state index contributed by atoms with van der Waals surface area (Å²) in [5.74, 6) is -4.70. The van der Waals surface area contributed by atoms with Crippen LogP contribution >= 0.6 is 0 Å². The fourth-order valence-corrected chi connectivity index (χ4v) is 7.60. The number of cyclic esters (lactones) is 4. The normalized spacial score (nSPS) is 19.6. The second kappa shape index (κ2) is 29.0. The second-order valence-electron chi connectivity index (χ2n) is 15.6. The van der Waals surface area contributed by atoms with E-state index in [9.17, 15) is 28.8 Å². The molecule has 2 saturated heterocycles. The molecule has 0 spiro atoms. The number of unbranched alkanes of at least 4 members (excludes halogenated alkanes) is 14. The zero-order valence-electron chi connectivity index (χ0n) is 33.7. The molecule has 0 aromatic rings. The van der Waals surface area contributed by atoms with Gasteiger partial charge in [0.2, 0.25) is 0 Å². The molecule has 11 heteroatoms. The summed E-state index contributed by atoms with van der Waals surface area (Å²) >= 11 is 0. The molecular formula is C44H70O11. The van der Waals surface area contributed by atoms with Gasteiger partial charge in [-0.05, 0) is 50.4 Å². The molecule has 2 N–H and O–H groups in total. The summed E-state index contributed by atoms with van der Waals surface area (Å²) in [6, 6.07) is 0. The lowest BCUT2D eigenvalue weighted by atomic mass is 9.85. The first-order chi connectivity index (χ1) is 26.5. The van der Waals surface area contributed by atoms with Gasteiger partial charge in [0.1, 0.15) is 0 Å². The molecule has 11 nitrogen and oxygen atoms in total. The van der Waals surface area contributed by atoms with Crippen LogP contribution in [0.5, 0.6) is 0 Å². The van der Waals surface area contributed by atoms with Crippen molar-refractivity contribution in [2.24, 2.45) is 23.7 Å². The van der Waals surface area contributed by atoms with Crippen LogP contribution < -0.4 is 0 Å². The first-order valence-corrected chi connectivity index (χ1v) is 21.5. The van der Waals surface area contributed by atoms with Gasteiger partial charge in [-0.15, -0.1) is 0 Å². The van der Waals surface area contributed by atoms with Gasteiger partial charge in [-0.1, -0.05) is 141 Å². The van der Waals surface area contributed by atoms with E-state index in [1.807, 2.05) is 0 Å². The zero-order valence-corrected chi connectivity index (χ0v) is 33.7. The Bertz CT molecular complexity index is 1130. The predicted molar refractivity (Wildman–Crippen MR) is 210 cm³/mol. The first-order valence-electron chi connectivity index (χ1n) is 21.5. The summed E-state index contributed by atoms with van der Waals surface area (Å²) in [5, 5.41) is 17.9. The van der Waals surface area contributed by atoms with Crippen molar-refractivity contribution in [1.82, 2.24) is 0 Å². The lowest BCUT2D eigenvalue weighted by Crippen LogP contribution is -2.23. The van der Waals surface area contributed by atoms with Crippen molar-refractivity contribution in [3.8, 4) is 0 Å². The van der Waals surface area contributed by atoms with E-state index in [4.69, 9.17) is 24.4 Å². The number of aliphatic carboxylic acids is 2. The number of ether oxygens (including phenoxy) is 3. The summed E-state index contributed by atoms with van der Waals surface area (Å²) in [6.07, 6.45) is 28.1. The predicted octanol–water partition coefficient (Wildman–Crippen LogP) is 9.84. The number of carbonyl (C=O) groups is 6. The lowest BCUT2D eigenvalue weighted by molar-refractivity contribution is -0.155. The van der Waals surface area contributed by atoms with Gasteiger partial charge in [-0.2, -0.15) is 0 Å². The van der Waals surface area contributed by atoms with Crippen LogP contribution in [0, 0.1) is 23.7 Å². The Morgan fingerprint density at radius 3 is 1.22 bits per heavy atom. The van der Waals surface area contributed by atoms with Crippen LogP contribution in [-0.2, 0) is 43.0 Å². The average molecular weight is 775 g/mol. The van der Waals surface area contributed by atoms with Crippen molar-refractivity contribution in [3.05, 3.63) is 24.3 Å². The molecule has 312 valence electrons. The molecule has 2 fully saturated rings. The highest BCUT2D eigenvalue weighted by Gasteiger charge is 2.39. The summed E-state index contributed by atoms with van der Waals surface area (Å²) in [6.45, 7) is 4.26. The maximum absolute atomic E-state index is 12.7. The Kier molecular flexibility index (Phi) is 25.2. The van der Waals surface area contributed by atoms with E-state index >= 15 is 0 Å².